The zero-order valence-corrected chi connectivity index (χ0v) is 7.05. The molecule has 1 aliphatic heterocycles. The van der Waals surface area contributed by atoms with Gasteiger partial charge in [0.1, 0.15) is 0 Å². The van der Waals surface area contributed by atoms with Gasteiger partial charge in [-0.3, -0.25) is 4.79 Å². The molecule has 0 spiro atoms. The van der Waals surface area contributed by atoms with Crippen LogP contribution in [0.15, 0.2) is 0 Å². The van der Waals surface area contributed by atoms with Crippen LogP contribution in [0, 0.1) is 5.92 Å². The van der Waals surface area contributed by atoms with Crippen molar-refractivity contribution in [2.24, 2.45) is 5.92 Å². The van der Waals surface area contributed by atoms with E-state index in [4.69, 9.17) is 5.11 Å². The van der Waals surface area contributed by atoms with E-state index in [1.54, 1.807) is 4.68 Å². The SMILES string of the molecule is O=C(O)CC1CCc2nnnn2C1. The van der Waals surface area contributed by atoms with Gasteiger partial charge in [-0.25, -0.2) is 4.68 Å². The van der Waals surface area contributed by atoms with E-state index in [2.05, 4.69) is 15.5 Å². The molecule has 1 atom stereocenters. The predicted octanol–water partition coefficient (Wildman–Crippen LogP) is -0.290. The van der Waals surface area contributed by atoms with Crippen molar-refractivity contribution < 1.29 is 9.90 Å². The van der Waals surface area contributed by atoms with Gasteiger partial charge in [-0.15, -0.1) is 5.10 Å². The summed E-state index contributed by atoms with van der Waals surface area (Å²) in [4.78, 5) is 10.5. The number of aromatic nitrogens is 4. The van der Waals surface area contributed by atoms with Crippen LogP contribution in [-0.4, -0.2) is 31.3 Å². The lowest BCUT2D eigenvalue weighted by Gasteiger charge is -2.19. The van der Waals surface area contributed by atoms with Gasteiger partial charge in [0.15, 0.2) is 5.82 Å². The Morgan fingerprint density at radius 3 is 3.31 bits per heavy atom. The number of rotatable bonds is 2. The van der Waals surface area contributed by atoms with Crippen molar-refractivity contribution in [3.63, 3.8) is 0 Å². The fourth-order valence-electron chi connectivity index (χ4n) is 1.63. The lowest BCUT2D eigenvalue weighted by Crippen LogP contribution is -2.23. The maximum Gasteiger partial charge on any atom is 0.303 e. The largest absolute Gasteiger partial charge is 0.481 e. The van der Waals surface area contributed by atoms with Gasteiger partial charge in [-0.05, 0) is 22.8 Å². The summed E-state index contributed by atoms with van der Waals surface area (Å²) in [6, 6.07) is 0. The zero-order chi connectivity index (χ0) is 9.26. The first-order valence-corrected chi connectivity index (χ1v) is 4.22. The first kappa shape index (κ1) is 8.15. The molecule has 0 aliphatic carbocycles. The first-order valence-electron chi connectivity index (χ1n) is 4.22. The molecule has 1 aromatic rings. The molecule has 0 amide bonds. The van der Waals surface area contributed by atoms with Gasteiger partial charge in [-0.1, -0.05) is 0 Å². The van der Waals surface area contributed by atoms with Gasteiger partial charge in [-0.2, -0.15) is 0 Å². The number of hydrogen-bond acceptors (Lipinski definition) is 4. The Morgan fingerprint density at radius 2 is 2.54 bits per heavy atom. The van der Waals surface area contributed by atoms with E-state index < -0.39 is 5.97 Å². The molecule has 13 heavy (non-hydrogen) atoms. The predicted molar refractivity (Wildman–Crippen MR) is 41.9 cm³/mol. The number of fused-ring (bicyclic) bond motifs is 1. The summed E-state index contributed by atoms with van der Waals surface area (Å²) in [6.07, 6.45) is 1.86. The minimum absolute atomic E-state index is 0.175. The molecule has 0 radical (unpaired) electrons. The number of carbonyl (C=O) groups is 1. The third-order valence-corrected chi connectivity index (χ3v) is 2.28. The van der Waals surface area contributed by atoms with Crippen LogP contribution >= 0.6 is 0 Å². The highest BCUT2D eigenvalue weighted by Gasteiger charge is 2.22. The third kappa shape index (κ3) is 1.66. The van der Waals surface area contributed by atoms with Crippen molar-refractivity contribution in [3.8, 4) is 0 Å². The molecular weight excluding hydrogens is 172 g/mol. The highest BCUT2D eigenvalue weighted by Crippen LogP contribution is 2.19. The van der Waals surface area contributed by atoms with E-state index in [0.29, 0.717) is 6.54 Å². The Hall–Kier alpha value is -1.46. The normalized spacial score (nSPS) is 21.1. The summed E-state index contributed by atoms with van der Waals surface area (Å²) >= 11 is 0. The fourth-order valence-corrected chi connectivity index (χ4v) is 1.63. The fraction of sp³-hybridized carbons (Fsp3) is 0.714. The minimum atomic E-state index is -0.749. The number of aryl methyl sites for hydroxylation is 1. The van der Waals surface area contributed by atoms with Crippen LogP contribution in [0.2, 0.25) is 0 Å². The van der Waals surface area contributed by atoms with Crippen LogP contribution in [0.25, 0.3) is 0 Å². The first-order chi connectivity index (χ1) is 6.25. The van der Waals surface area contributed by atoms with Crippen LogP contribution in [0.5, 0.6) is 0 Å². The second-order valence-electron chi connectivity index (χ2n) is 3.28. The smallest absolute Gasteiger partial charge is 0.303 e. The second kappa shape index (κ2) is 3.12. The number of carboxylic acids is 1. The molecule has 6 nitrogen and oxygen atoms in total. The molecule has 0 bridgehead atoms. The van der Waals surface area contributed by atoms with Crippen LogP contribution in [0.4, 0.5) is 0 Å². The minimum Gasteiger partial charge on any atom is -0.481 e. The van der Waals surface area contributed by atoms with Crippen LogP contribution in [-0.2, 0) is 17.8 Å². The molecule has 2 rings (SSSR count). The summed E-state index contributed by atoms with van der Waals surface area (Å²) in [5, 5.41) is 19.7. The van der Waals surface area contributed by atoms with E-state index in [0.717, 1.165) is 18.7 Å². The van der Waals surface area contributed by atoms with Crippen molar-refractivity contribution in [1.29, 1.82) is 0 Å². The van der Waals surface area contributed by atoms with Crippen LogP contribution in [0.1, 0.15) is 18.7 Å². The molecule has 6 heteroatoms. The maximum atomic E-state index is 10.5. The Labute approximate surface area is 74.6 Å². The molecular formula is C7H10N4O2. The highest BCUT2D eigenvalue weighted by molar-refractivity contribution is 5.67. The number of carboxylic acid groups (broad SMARTS) is 1. The van der Waals surface area contributed by atoms with Crippen molar-refractivity contribution in [2.75, 3.05) is 0 Å². The number of nitrogens with zero attached hydrogens (tertiary/aromatic N) is 4. The molecule has 0 saturated carbocycles. The lowest BCUT2D eigenvalue weighted by atomic mass is 9.96. The zero-order valence-electron chi connectivity index (χ0n) is 7.05. The quantitative estimate of drug-likeness (QED) is 0.679. The second-order valence-corrected chi connectivity index (χ2v) is 3.28. The van der Waals surface area contributed by atoms with E-state index in [9.17, 15) is 4.79 Å². The van der Waals surface area contributed by atoms with Crippen molar-refractivity contribution in [1.82, 2.24) is 20.2 Å². The molecule has 2 heterocycles. The highest BCUT2D eigenvalue weighted by atomic mass is 16.4. The Bertz CT molecular complexity index is 322. The van der Waals surface area contributed by atoms with Crippen molar-refractivity contribution >= 4 is 5.97 Å². The summed E-state index contributed by atoms with van der Waals surface area (Å²) < 4.78 is 1.69. The maximum absolute atomic E-state index is 10.5. The summed E-state index contributed by atoms with van der Waals surface area (Å²) in [6.45, 7) is 0.634. The van der Waals surface area contributed by atoms with E-state index >= 15 is 0 Å². The average Bonchev–Trinajstić information content (AvgIpc) is 2.49. The van der Waals surface area contributed by atoms with E-state index in [1.807, 2.05) is 0 Å². The Balaban J connectivity index is 2.04. The van der Waals surface area contributed by atoms with Gasteiger partial charge >= 0.3 is 5.97 Å². The average molecular weight is 182 g/mol. The van der Waals surface area contributed by atoms with Crippen molar-refractivity contribution in [2.45, 2.75) is 25.8 Å². The van der Waals surface area contributed by atoms with E-state index in [1.165, 1.54) is 0 Å². The van der Waals surface area contributed by atoms with E-state index in [-0.39, 0.29) is 12.3 Å². The molecule has 1 aromatic heterocycles. The van der Waals surface area contributed by atoms with Crippen LogP contribution in [0.3, 0.4) is 0 Å². The number of tetrazole rings is 1. The molecule has 0 saturated heterocycles. The van der Waals surface area contributed by atoms with Gasteiger partial charge in [0.2, 0.25) is 0 Å². The molecule has 1 unspecified atom stereocenters. The lowest BCUT2D eigenvalue weighted by molar-refractivity contribution is -0.138. The Kier molecular flexibility index (Phi) is 1.96. The topological polar surface area (TPSA) is 80.9 Å². The van der Waals surface area contributed by atoms with Gasteiger partial charge in [0.25, 0.3) is 0 Å². The summed E-state index contributed by atoms with van der Waals surface area (Å²) in [7, 11) is 0. The summed E-state index contributed by atoms with van der Waals surface area (Å²) in [5.74, 6) is 0.289. The molecule has 70 valence electrons. The standard InChI is InChI=1S/C7H10N4O2/c12-7(13)3-5-1-2-6-8-9-10-11(6)4-5/h5H,1-4H2,(H,12,13). The number of aliphatic carboxylic acids is 1. The number of hydrogen-bond donors (Lipinski definition) is 1. The Morgan fingerprint density at radius 1 is 1.69 bits per heavy atom. The van der Waals surface area contributed by atoms with Gasteiger partial charge < -0.3 is 5.11 Å². The molecule has 1 aliphatic rings. The monoisotopic (exact) mass is 182 g/mol. The molecule has 0 aromatic carbocycles. The van der Waals surface area contributed by atoms with Gasteiger partial charge in [0.05, 0.1) is 0 Å². The molecule has 0 fully saturated rings. The summed E-state index contributed by atoms with van der Waals surface area (Å²) in [5.41, 5.74) is 0. The third-order valence-electron chi connectivity index (χ3n) is 2.28. The molecule has 1 N–H and O–H groups in total. The van der Waals surface area contributed by atoms with Crippen LogP contribution < -0.4 is 0 Å². The van der Waals surface area contributed by atoms with Crippen molar-refractivity contribution in [3.05, 3.63) is 5.82 Å². The van der Waals surface area contributed by atoms with Gasteiger partial charge in [0, 0.05) is 19.4 Å².